The zero-order valence-electron chi connectivity index (χ0n) is 10.5. The fraction of sp³-hybridized carbons (Fsp3) is 0.0667. The summed E-state index contributed by atoms with van der Waals surface area (Å²) in [5.41, 5.74) is 1.50. The fourth-order valence-electron chi connectivity index (χ4n) is 1.59. The van der Waals surface area contributed by atoms with Crippen molar-refractivity contribution >= 4 is 23.1 Å². The molecule has 0 aliphatic carbocycles. The van der Waals surface area contributed by atoms with Crippen LogP contribution in [-0.4, -0.2) is 11.7 Å². The average molecular weight is 253 g/mol. The van der Waals surface area contributed by atoms with Crippen LogP contribution in [0.3, 0.4) is 0 Å². The third kappa shape index (κ3) is 3.19. The molecule has 0 unspecified atom stereocenters. The first-order valence-electron chi connectivity index (χ1n) is 5.85. The van der Waals surface area contributed by atoms with Crippen molar-refractivity contribution < 1.29 is 9.90 Å². The van der Waals surface area contributed by atoms with Crippen molar-refractivity contribution in [3.63, 3.8) is 0 Å². The molecule has 0 spiro atoms. The molecule has 96 valence electrons. The summed E-state index contributed by atoms with van der Waals surface area (Å²) >= 11 is 0. The van der Waals surface area contributed by atoms with Crippen LogP contribution < -0.4 is 10.1 Å². The number of carbonyl (C=O) groups is 1. The van der Waals surface area contributed by atoms with E-state index in [1.54, 1.807) is 5.01 Å². The molecule has 2 aromatic carbocycles. The second kappa shape index (κ2) is 5.82. The smallest absolute Gasteiger partial charge is 0.0873 e. The Bertz CT molecular complexity index is 540. The molecule has 0 N–H and O–H groups in total. The van der Waals surface area contributed by atoms with Gasteiger partial charge in [0, 0.05) is 0 Å². The van der Waals surface area contributed by atoms with Crippen molar-refractivity contribution in [3.8, 4) is 0 Å². The van der Waals surface area contributed by atoms with Crippen LogP contribution in [0.1, 0.15) is 6.92 Å². The predicted molar refractivity (Wildman–Crippen MR) is 73.1 cm³/mol. The Hall–Kier alpha value is -2.62. The lowest BCUT2D eigenvalue weighted by atomic mass is 10.2. The summed E-state index contributed by atoms with van der Waals surface area (Å²) < 4.78 is 0. The van der Waals surface area contributed by atoms with Gasteiger partial charge in [-0.3, -0.25) is 0 Å². The van der Waals surface area contributed by atoms with E-state index in [0.29, 0.717) is 0 Å². The maximum atomic E-state index is 10.8. The number of hydrogen-bond acceptors (Lipinski definition) is 4. The minimum absolute atomic E-state index is 0.0762. The van der Waals surface area contributed by atoms with Gasteiger partial charge in [0.05, 0.1) is 23.1 Å². The zero-order valence-corrected chi connectivity index (χ0v) is 10.5. The van der Waals surface area contributed by atoms with E-state index in [1.807, 2.05) is 60.7 Å². The summed E-state index contributed by atoms with van der Waals surface area (Å²) in [5.74, 6) is -1.28. The van der Waals surface area contributed by atoms with E-state index in [0.717, 1.165) is 11.4 Å². The Labute approximate surface area is 111 Å². The van der Waals surface area contributed by atoms with Crippen LogP contribution in [-0.2, 0) is 4.79 Å². The highest BCUT2D eigenvalue weighted by atomic mass is 16.4. The van der Waals surface area contributed by atoms with Gasteiger partial charge in [-0.1, -0.05) is 36.4 Å². The summed E-state index contributed by atoms with van der Waals surface area (Å²) in [7, 11) is 0. The number of para-hydroxylation sites is 2. The first-order valence-corrected chi connectivity index (χ1v) is 5.85. The topological polar surface area (TPSA) is 55.7 Å². The van der Waals surface area contributed by atoms with Crippen LogP contribution in [0.25, 0.3) is 0 Å². The lowest BCUT2D eigenvalue weighted by Crippen LogP contribution is -2.31. The van der Waals surface area contributed by atoms with Gasteiger partial charge in [0.15, 0.2) is 0 Å². The summed E-state index contributed by atoms with van der Waals surface area (Å²) in [6.45, 7) is 1.41. The Balaban J connectivity index is 2.46. The number of rotatable bonds is 4. The number of hydrazone groups is 1. The van der Waals surface area contributed by atoms with E-state index in [1.165, 1.54) is 6.92 Å². The Morgan fingerprint density at radius 1 is 0.947 bits per heavy atom. The molecule has 0 saturated carbocycles. The third-order valence-electron chi connectivity index (χ3n) is 2.55. The number of nitrogens with zero attached hydrogens (tertiary/aromatic N) is 2. The first-order chi connectivity index (χ1) is 9.18. The van der Waals surface area contributed by atoms with Crippen LogP contribution in [0.15, 0.2) is 65.8 Å². The van der Waals surface area contributed by atoms with Crippen LogP contribution in [0.4, 0.5) is 11.4 Å². The van der Waals surface area contributed by atoms with Crippen molar-refractivity contribution in [2.45, 2.75) is 6.92 Å². The number of carboxylic acids is 1. The first kappa shape index (κ1) is 12.8. The van der Waals surface area contributed by atoms with Crippen LogP contribution in [0.5, 0.6) is 0 Å². The van der Waals surface area contributed by atoms with Crippen LogP contribution in [0.2, 0.25) is 0 Å². The molecule has 0 bridgehead atoms. The molecule has 19 heavy (non-hydrogen) atoms. The monoisotopic (exact) mass is 253 g/mol. The molecule has 0 radical (unpaired) electrons. The Morgan fingerprint density at radius 2 is 1.37 bits per heavy atom. The summed E-state index contributed by atoms with van der Waals surface area (Å²) in [4.78, 5) is 10.8. The normalized spacial score (nSPS) is 11.1. The van der Waals surface area contributed by atoms with Gasteiger partial charge in [-0.25, -0.2) is 5.01 Å². The maximum absolute atomic E-state index is 10.8. The highest BCUT2D eigenvalue weighted by Crippen LogP contribution is 2.25. The lowest BCUT2D eigenvalue weighted by Gasteiger charge is -2.20. The summed E-state index contributed by atoms with van der Waals surface area (Å²) in [6.07, 6.45) is 0. The van der Waals surface area contributed by atoms with E-state index < -0.39 is 5.97 Å². The van der Waals surface area contributed by atoms with E-state index >= 15 is 0 Å². The molecule has 0 amide bonds. The molecule has 0 fully saturated rings. The molecular formula is C15H13N2O2-. The SMILES string of the molecule is C/C(=N/N(c1ccccc1)c1ccccc1)C(=O)[O-]. The number of aliphatic carboxylic acids is 1. The van der Waals surface area contributed by atoms with Gasteiger partial charge in [-0.05, 0) is 31.2 Å². The van der Waals surface area contributed by atoms with Crippen molar-refractivity contribution in [1.82, 2.24) is 0 Å². The second-order valence-corrected chi connectivity index (χ2v) is 3.96. The number of carboxylic acid groups (broad SMARTS) is 1. The number of carbonyl (C=O) groups excluding carboxylic acids is 1. The molecule has 4 heteroatoms. The van der Waals surface area contributed by atoms with Gasteiger partial charge in [-0.15, -0.1) is 0 Å². The van der Waals surface area contributed by atoms with Gasteiger partial charge >= 0.3 is 0 Å². The van der Waals surface area contributed by atoms with Crippen molar-refractivity contribution in [2.75, 3.05) is 5.01 Å². The van der Waals surface area contributed by atoms with E-state index in [9.17, 15) is 9.90 Å². The number of anilines is 2. The maximum Gasteiger partial charge on any atom is 0.0873 e. The Morgan fingerprint density at radius 3 is 1.74 bits per heavy atom. The molecule has 4 nitrogen and oxygen atoms in total. The minimum atomic E-state index is -1.28. The zero-order chi connectivity index (χ0) is 13.7. The standard InChI is InChI=1S/C15H14N2O2/c1-12(15(18)19)16-17(13-8-4-2-5-9-13)14-10-6-3-7-11-14/h2-11H,1H3,(H,18,19)/p-1/b16-12-. The van der Waals surface area contributed by atoms with Crippen LogP contribution >= 0.6 is 0 Å². The van der Waals surface area contributed by atoms with Gasteiger partial charge in [0.1, 0.15) is 0 Å². The van der Waals surface area contributed by atoms with Gasteiger partial charge in [0.25, 0.3) is 0 Å². The summed E-state index contributed by atoms with van der Waals surface area (Å²) in [5, 5.41) is 16.5. The number of benzene rings is 2. The van der Waals surface area contributed by atoms with Crippen molar-refractivity contribution in [3.05, 3.63) is 60.7 Å². The molecule has 0 saturated heterocycles. The van der Waals surface area contributed by atoms with E-state index in [2.05, 4.69) is 5.10 Å². The predicted octanol–water partition coefficient (Wildman–Crippen LogP) is 1.95. The Kier molecular flexibility index (Phi) is 3.93. The van der Waals surface area contributed by atoms with Gasteiger partial charge in [0.2, 0.25) is 0 Å². The molecule has 0 heterocycles. The molecule has 0 atom stereocenters. The molecule has 0 aliphatic heterocycles. The van der Waals surface area contributed by atoms with Crippen molar-refractivity contribution in [1.29, 1.82) is 0 Å². The molecule has 2 aromatic rings. The molecule has 0 aliphatic rings. The average Bonchev–Trinajstić information content (AvgIpc) is 2.46. The van der Waals surface area contributed by atoms with Crippen LogP contribution in [0, 0.1) is 0 Å². The second-order valence-electron chi connectivity index (χ2n) is 3.96. The van der Waals surface area contributed by atoms with E-state index in [-0.39, 0.29) is 5.71 Å². The van der Waals surface area contributed by atoms with Gasteiger partial charge in [-0.2, -0.15) is 5.10 Å². The van der Waals surface area contributed by atoms with E-state index in [4.69, 9.17) is 0 Å². The largest absolute Gasteiger partial charge is 0.543 e. The molecule has 0 aromatic heterocycles. The fourth-order valence-corrected chi connectivity index (χ4v) is 1.59. The van der Waals surface area contributed by atoms with Gasteiger partial charge < -0.3 is 9.90 Å². The highest BCUT2D eigenvalue weighted by Gasteiger charge is 2.08. The quantitative estimate of drug-likeness (QED) is 0.618. The molecular weight excluding hydrogens is 240 g/mol. The van der Waals surface area contributed by atoms with Crippen molar-refractivity contribution in [2.24, 2.45) is 5.10 Å². The highest BCUT2D eigenvalue weighted by molar-refractivity contribution is 6.33. The number of hydrogen-bond donors (Lipinski definition) is 0. The lowest BCUT2D eigenvalue weighted by molar-refractivity contribution is -0.294. The third-order valence-corrected chi connectivity index (χ3v) is 2.55. The summed E-state index contributed by atoms with van der Waals surface area (Å²) in [6, 6.07) is 18.7. The molecule has 2 rings (SSSR count). The minimum Gasteiger partial charge on any atom is -0.543 e.